The van der Waals surface area contributed by atoms with Gasteiger partial charge in [-0.3, -0.25) is 24.0 Å². The number of anilines is 1. The molecule has 2 aromatic rings. The summed E-state index contributed by atoms with van der Waals surface area (Å²) in [6.07, 6.45) is 8.19. The molecule has 8 nitrogen and oxygen atoms in total. The highest BCUT2D eigenvalue weighted by Gasteiger charge is 2.49. The largest absolute Gasteiger partial charge is 0.371 e. The lowest BCUT2D eigenvalue weighted by Crippen LogP contribution is -2.57. The van der Waals surface area contributed by atoms with Gasteiger partial charge in [-0.15, -0.1) is 0 Å². The highest BCUT2D eigenvalue weighted by Crippen LogP contribution is 2.53. The molecule has 4 saturated carbocycles. The van der Waals surface area contributed by atoms with Crippen LogP contribution in [0.5, 0.6) is 0 Å². The van der Waals surface area contributed by atoms with E-state index in [2.05, 4.69) is 15.3 Å². The number of nitrogens with zero attached hydrogens (tertiary/aromatic N) is 4. The van der Waals surface area contributed by atoms with Gasteiger partial charge in [0.1, 0.15) is 0 Å². The van der Waals surface area contributed by atoms with Crippen molar-refractivity contribution in [2.45, 2.75) is 71.4 Å². The second kappa shape index (κ2) is 9.49. The Morgan fingerprint density at radius 3 is 2.28 bits per heavy atom. The molecular weight excluding hydrogens is 490 g/mol. The number of aryl methyl sites for hydroxylation is 2. The van der Waals surface area contributed by atoms with Crippen LogP contribution in [0.15, 0.2) is 24.3 Å². The fourth-order valence-corrected chi connectivity index (χ4v) is 8.70. The number of fused-ring (bicyclic) bond motifs is 1. The molecule has 206 valence electrons. The van der Waals surface area contributed by atoms with Crippen molar-refractivity contribution in [3.8, 4) is 0 Å². The van der Waals surface area contributed by atoms with Gasteiger partial charge in [0.05, 0.1) is 29.1 Å². The Morgan fingerprint density at radius 1 is 0.949 bits per heavy atom. The molecule has 3 amide bonds. The molecule has 4 bridgehead atoms. The zero-order chi connectivity index (χ0) is 26.8. The van der Waals surface area contributed by atoms with Crippen LogP contribution in [0.3, 0.4) is 0 Å². The summed E-state index contributed by atoms with van der Waals surface area (Å²) in [4.78, 5) is 43.6. The lowest BCUT2D eigenvalue weighted by Gasteiger charge is -2.54. The molecule has 1 aromatic carbocycles. The molecule has 3 heterocycles. The summed E-state index contributed by atoms with van der Waals surface area (Å²) < 4.78 is 1.85. The number of nitrogens with one attached hydrogen (secondary N) is 1. The Kier molecular flexibility index (Phi) is 6.05. The molecule has 8 heteroatoms. The molecular formula is C31H39N5O3. The Balaban J connectivity index is 0.995. The first kappa shape index (κ1) is 24.9. The van der Waals surface area contributed by atoms with Crippen LogP contribution in [-0.2, 0) is 11.3 Å². The maximum Gasteiger partial charge on any atom is 0.263 e. The molecule has 4 aliphatic carbocycles. The average molecular weight is 530 g/mol. The summed E-state index contributed by atoms with van der Waals surface area (Å²) in [5.41, 5.74) is 3.74. The third kappa shape index (κ3) is 4.27. The van der Waals surface area contributed by atoms with Gasteiger partial charge in [-0.25, -0.2) is 0 Å². The van der Waals surface area contributed by atoms with Gasteiger partial charge in [0.2, 0.25) is 5.91 Å². The normalized spacial score (nSPS) is 29.8. The first-order valence-electron chi connectivity index (χ1n) is 14.9. The third-order valence-electron chi connectivity index (χ3n) is 10.4. The molecule has 2 aliphatic heterocycles. The summed E-state index contributed by atoms with van der Waals surface area (Å²) >= 11 is 0. The Labute approximate surface area is 230 Å². The monoisotopic (exact) mass is 529 g/mol. The number of imide groups is 1. The number of carbonyl (C=O) groups is 3. The van der Waals surface area contributed by atoms with Gasteiger partial charge in [0.15, 0.2) is 0 Å². The van der Waals surface area contributed by atoms with Crippen LogP contribution < -0.4 is 10.2 Å². The van der Waals surface area contributed by atoms with Crippen molar-refractivity contribution in [1.82, 2.24) is 20.0 Å². The van der Waals surface area contributed by atoms with E-state index in [-0.39, 0.29) is 23.6 Å². The predicted octanol–water partition coefficient (Wildman–Crippen LogP) is 3.95. The van der Waals surface area contributed by atoms with Crippen molar-refractivity contribution < 1.29 is 14.4 Å². The van der Waals surface area contributed by atoms with Crippen LogP contribution in [0.4, 0.5) is 5.69 Å². The summed E-state index contributed by atoms with van der Waals surface area (Å²) in [5, 5.41) is 7.98. The summed E-state index contributed by atoms with van der Waals surface area (Å²) in [5.74, 6) is 2.96. The van der Waals surface area contributed by atoms with Crippen LogP contribution in [-0.4, -0.2) is 58.1 Å². The van der Waals surface area contributed by atoms with Crippen LogP contribution in [0, 0.1) is 43.4 Å². The van der Waals surface area contributed by atoms with E-state index < -0.39 is 0 Å². The molecule has 39 heavy (non-hydrogen) atoms. The van der Waals surface area contributed by atoms with Gasteiger partial charge in [0, 0.05) is 37.3 Å². The van der Waals surface area contributed by atoms with Crippen molar-refractivity contribution in [3.05, 3.63) is 46.8 Å². The summed E-state index contributed by atoms with van der Waals surface area (Å²) in [6.45, 7) is 6.11. The fraction of sp³-hybridized carbons (Fsp3) is 0.613. The number of rotatable bonds is 6. The quantitative estimate of drug-likeness (QED) is 0.573. The lowest BCUT2D eigenvalue weighted by molar-refractivity contribution is -0.129. The second-order valence-electron chi connectivity index (χ2n) is 12.8. The number of aromatic nitrogens is 2. The Morgan fingerprint density at radius 2 is 1.64 bits per heavy atom. The molecule has 6 aliphatic rings. The van der Waals surface area contributed by atoms with E-state index in [0.29, 0.717) is 55.2 Å². The molecule has 0 atom stereocenters. The number of carbonyl (C=O) groups excluding carboxylic acids is 3. The fourth-order valence-electron chi connectivity index (χ4n) is 8.70. The van der Waals surface area contributed by atoms with Crippen molar-refractivity contribution in [3.63, 3.8) is 0 Å². The maximum atomic E-state index is 13.5. The van der Waals surface area contributed by atoms with Crippen LogP contribution in [0.25, 0.3) is 0 Å². The zero-order valence-electron chi connectivity index (χ0n) is 23.1. The van der Waals surface area contributed by atoms with Crippen LogP contribution >= 0.6 is 0 Å². The van der Waals surface area contributed by atoms with Gasteiger partial charge < -0.3 is 10.2 Å². The van der Waals surface area contributed by atoms with Crippen molar-refractivity contribution >= 4 is 23.4 Å². The average Bonchev–Trinajstić information content (AvgIpc) is 3.38. The Hall–Kier alpha value is -3.16. The standard InChI is InChI=1S/C31H39N5O3/c1-18-12-19(2)36(33-18)11-10-35-30(38)25-4-3-5-26(27(25)31(35)39)34-8-6-22(7-9-34)29(37)32-28-23-14-20-13-21(16-23)17-24(28)15-20/h3-5,12,20-24,28H,6-11,13-17H2,1-2H3,(H,32,37). The highest BCUT2D eigenvalue weighted by molar-refractivity contribution is 6.23. The number of amides is 3. The second-order valence-corrected chi connectivity index (χ2v) is 12.8. The van der Waals surface area contributed by atoms with E-state index in [1.807, 2.05) is 36.7 Å². The lowest BCUT2D eigenvalue weighted by atomic mass is 9.54. The van der Waals surface area contributed by atoms with E-state index in [0.717, 1.165) is 41.8 Å². The van der Waals surface area contributed by atoms with Crippen molar-refractivity contribution in [2.24, 2.45) is 29.6 Å². The molecule has 8 rings (SSSR count). The SMILES string of the molecule is Cc1cc(C)n(CCN2C(=O)c3cccc(N4CCC(C(=O)NC5C6CC7CC(C6)CC5C7)CC4)c3C2=O)n1. The number of piperidine rings is 1. The van der Waals surface area contributed by atoms with Crippen molar-refractivity contribution in [1.29, 1.82) is 0 Å². The van der Waals surface area contributed by atoms with Crippen molar-refractivity contribution in [2.75, 3.05) is 24.5 Å². The number of hydrogen-bond donors (Lipinski definition) is 1. The highest BCUT2D eigenvalue weighted by atomic mass is 16.2. The molecule has 0 spiro atoms. The van der Waals surface area contributed by atoms with Crippen LogP contribution in [0.1, 0.15) is 77.0 Å². The molecule has 5 fully saturated rings. The van der Waals surface area contributed by atoms with Gasteiger partial charge in [-0.05, 0) is 101 Å². The van der Waals surface area contributed by atoms with E-state index in [4.69, 9.17) is 0 Å². The minimum absolute atomic E-state index is 0.0183. The van der Waals surface area contributed by atoms with E-state index >= 15 is 0 Å². The first-order chi connectivity index (χ1) is 18.9. The maximum absolute atomic E-state index is 13.5. The van der Waals surface area contributed by atoms with E-state index in [1.165, 1.54) is 37.0 Å². The van der Waals surface area contributed by atoms with Gasteiger partial charge in [0.25, 0.3) is 11.8 Å². The summed E-state index contributed by atoms with van der Waals surface area (Å²) in [6, 6.07) is 7.95. The van der Waals surface area contributed by atoms with Gasteiger partial charge in [-0.2, -0.15) is 5.10 Å². The zero-order valence-corrected chi connectivity index (χ0v) is 23.1. The third-order valence-corrected chi connectivity index (χ3v) is 10.4. The number of hydrogen-bond acceptors (Lipinski definition) is 5. The van der Waals surface area contributed by atoms with E-state index in [1.54, 1.807) is 6.07 Å². The molecule has 1 saturated heterocycles. The predicted molar refractivity (Wildman–Crippen MR) is 147 cm³/mol. The van der Waals surface area contributed by atoms with E-state index in [9.17, 15) is 14.4 Å². The first-order valence-corrected chi connectivity index (χ1v) is 14.9. The topological polar surface area (TPSA) is 87.5 Å². The molecule has 1 aromatic heterocycles. The minimum Gasteiger partial charge on any atom is -0.371 e. The molecule has 1 N–H and O–H groups in total. The summed E-state index contributed by atoms with van der Waals surface area (Å²) in [7, 11) is 0. The molecule has 0 radical (unpaired) electrons. The number of benzene rings is 1. The smallest absolute Gasteiger partial charge is 0.263 e. The van der Waals surface area contributed by atoms with Gasteiger partial charge in [-0.1, -0.05) is 6.07 Å². The van der Waals surface area contributed by atoms with Crippen LogP contribution in [0.2, 0.25) is 0 Å². The van der Waals surface area contributed by atoms with Gasteiger partial charge >= 0.3 is 0 Å². The minimum atomic E-state index is -0.233. The molecule has 0 unspecified atom stereocenters. The Bertz CT molecular complexity index is 1300.